The maximum absolute atomic E-state index is 9.94. The summed E-state index contributed by atoms with van der Waals surface area (Å²) in [4.78, 5) is 0. The molecule has 0 bridgehead atoms. The van der Waals surface area contributed by atoms with Crippen molar-refractivity contribution in [1.29, 1.82) is 0 Å². The second-order valence-corrected chi connectivity index (χ2v) is 4.14. The molecule has 1 aromatic rings. The minimum Gasteiger partial charge on any atom is -0.389 e. The molecular formula is C10H19N3O3. The lowest BCUT2D eigenvalue weighted by Gasteiger charge is -2.23. The van der Waals surface area contributed by atoms with E-state index in [9.17, 15) is 5.11 Å². The first-order valence-electron chi connectivity index (χ1n) is 5.25. The van der Waals surface area contributed by atoms with Crippen LogP contribution in [0.2, 0.25) is 0 Å². The van der Waals surface area contributed by atoms with E-state index in [4.69, 9.17) is 4.74 Å². The number of aromatic nitrogens is 2. The number of nitrogens with one attached hydrogen (secondary N) is 1. The monoisotopic (exact) mass is 229 g/mol. The minimum atomic E-state index is -0.777. The Kier molecular flexibility index (Phi) is 4.85. The number of methoxy groups -OCH3 is 1. The molecule has 1 heterocycles. The van der Waals surface area contributed by atoms with Crippen LogP contribution in [0.15, 0.2) is 4.63 Å². The number of hydrogen-bond donors (Lipinski definition) is 2. The normalized spacial score (nSPS) is 15.0. The summed E-state index contributed by atoms with van der Waals surface area (Å²) >= 11 is 0. The van der Waals surface area contributed by atoms with Gasteiger partial charge in [-0.15, -0.1) is 0 Å². The molecule has 0 spiro atoms. The summed E-state index contributed by atoms with van der Waals surface area (Å²) in [5, 5.41) is 20.5. The van der Waals surface area contributed by atoms with Gasteiger partial charge in [-0.1, -0.05) is 10.3 Å². The van der Waals surface area contributed by atoms with E-state index < -0.39 is 5.60 Å². The zero-order valence-electron chi connectivity index (χ0n) is 9.99. The third-order valence-electron chi connectivity index (χ3n) is 2.39. The van der Waals surface area contributed by atoms with Crippen molar-refractivity contribution < 1.29 is 14.5 Å². The predicted octanol–water partition coefficient (Wildman–Crippen LogP) is 0.255. The van der Waals surface area contributed by atoms with E-state index in [-0.39, 0.29) is 0 Å². The summed E-state index contributed by atoms with van der Waals surface area (Å²) in [6, 6.07) is 0. The summed E-state index contributed by atoms with van der Waals surface area (Å²) in [5.41, 5.74) is 0.757. The first-order valence-corrected chi connectivity index (χ1v) is 5.25. The van der Waals surface area contributed by atoms with E-state index >= 15 is 0 Å². The number of nitrogens with zero attached hydrogens (tertiary/aromatic N) is 2. The molecular weight excluding hydrogens is 210 g/mol. The molecule has 0 aliphatic heterocycles. The van der Waals surface area contributed by atoms with Crippen LogP contribution in [0.1, 0.15) is 24.7 Å². The van der Waals surface area contributed by atoms with Crippen LogP contribution in [0, 0.1) is 6.92 Å². The Bertz CT molecular complexity index is 312. The third kappa shape index (κ3) is 4.26. The van der Waals surface area contributed by atoms with E-state index in [1.165, 1.54) is 0 Å². The number of hydrogen-bond acceptors (Lipinski definition) is 6. The van der Waals surface area contributed by atoms with Gasteiger partial charge in [0.05, 0.1) is 5.60 Å². The minimum absolute atomic E-state index is 0.475. The molecule has 0 saturated carbocycles. The van der Waals surface area contributed by atoms with E-state index in [2.05, 4.69) is 20.3 Å². The van der Waals surface area contributed by atoms with Gasteiger partial charge in [0.2, 0.25) is 0 Å². The molecule has 0 aromatic carbocycles. The Hall–Kier alpha value is -0.980. The summed E-state index contributed by atoms with van der Waals surface area (Å²) in [5.74, 6) is 0. The van der Waals surface area contributed by atoms with Crippen molar-refractivity contribution in [3.63, 3.8) is 0 Å². The summed E-state index contributed by atoms with van der Waals surface area (Å²) < 4.78 is 9.49. The maximum Gasteiger partial charge on any atom is 0.121 e. The number of ether oxygens (including phenoxy) is 1. The van der Waals surface area contributed by atoms with Gasteiger partial charge < -0.3 is 15.2 Å². The Morgan fingerprint density at radius 3 is 2.81 bits per heavy atom. The Labute approximate surface area is 94.9 Å². The molecule has 0 aliphatic rings. The van der Waals surface area contributed by atoms with Gasteiger partial charge in [0.1, 0.15) is 11.4 Å². The topological polar surface area (TPSA) is 80.4 Å². The van der Waals surface area contributed by atoms with Crippen LogP contribution < -0.4 is 5.32 Å². The molecule has 6 nitrogen and oxygen atoms in total. The fourth-order valence-corrected chi connectivity index (χ4v) is 1.27. The molecule has 1 rings (SSSR count). The van der Waals surface area contributed by atoms with Gasteiger partial charge in [-0.2, -0.15) is 0 Å². The second-order valence-electron chi connectivity index (χ2n) is 4.14. The van der Waals surface area contributed by atoms with Gasteiger partial charge >= 0.3 is 0 Å². The molecule has 0 saturated heterocycles. The van der Waals surface area contributed by atoms with Gasteiger partial charge in [0.15, 0.2) is 0 Å². The Morgan fingerprint density at radius 1 is 1.50 bits per heavy atom. The van der Waals surface area contributed by atoms with Crippen LogP contribution in [0.3, 0.4) is 0 Å². The zero-order chi connectivity index (χ0) is 12.0. The lowest BCUT2D eigenvalue weighted by Crippen LogP contribution is -2.38. The van der Waals surface area contributed by atoms with Gasteiger partial charge in [-0.05, 0) is 13.8 Å². The predicted molar refractivity (Wildman–Crippen MR) is 57.9 cm³/mol. The third-order valence-corrected chi connectivity index (χ3v) is 2.39. The molecule has 1 unspecified atom stereocenters. The van der Waals surface area contributed by atoms with Crippen molar-refractivity contribution in [1.82, 2.24) is 15.6 Å². The van der Waals surface area contributed by atoms with Crippen LogP contribution in [-0.4, -0.2) is 41.3 Å². The van der Waals surface area contributed by atoms with Crippen LogP contribution in [0.5, 0.6) is 0 Å². The van der Waals surface area contributed by atoms with Gasteiger partial charge in [0.25, 0.3) is 0 Å². The van der Waals surface area contributed by atoms with E-state index in [1.807, 2.05) is 6.92 Å². The highest BCUT2D eigenvalue weighted by molar-refractivity contribution is 5.03. The molecule has 6 heteroatoms. The summed E-state index contributed by atoms with van der Waals surface area (Å²) in [6.45, 7) is 5.16. The fraction of sp³-hybridized carbons (Fsp3) is 0.800. The first-order chi connectivity index (χ1) is 7.55. The Balaban J connectivity index is 2.27. The highest BCUT2D eigenvalue weighted by atomic mass is 16.6. The second kappa shape index (κ2) is 5.93. The fourth-order valence-electron chi connectivity index (χ4n) is 1.27. The SMILES string of the molecule is COCCC(C)(O)CNCc1nonc1C. The zero-order valence-corrected chi connectivity index (χ0v) is 9.99. The van der Waals surface area contributed by atoms with Gasteiger partial charge in [-0.25, -0.2) is 4.63 Å². The summed E-state index contributed by atoms with van der Waals surface area (Å²) in [6.07, 6.45) is 0.590. The average Bonchev–Trinajstić information content (AvgIpc) is 2.62. The van der Waals surface area contributed by atoms with E-state index in [0.717, 1.165) is 11.4 Å². The lowest BCUT2D eigenvalue weighted by atomic mass is 10.0. The van der Waals surface area contributed by atoms with Crippen molar-refractivity contribution in [2.24, 2.45) is 0 Å². The van der Waals surface area contributed by atoms with Gasteiger partial charge in [-0.3, -0.25) is 0 Å². The van der Waals surface area contributed by atoms with Gasteiger partial charge in [0, 0.05) is 33.2 Å². The van der Waals surface area contributed by atoms with Crippen LogP contribution in [0.4, 0.5) is 0 Å². The molecule has 2 N–H and O–H groups in total. The van der Waals surface area contributed by atoms with Crippen LogP contribution in [0.25, 0.3) is 0 Å². The largest absolute Gasteiger partial charge is 0.389 e. The van der Waals surface area contributed by atoms with Crippen molar-refractivity contribution >= 4 is 0 Å². The highest BCUT2D eigenvalue weighted by Crippen LogP contribution is 2.08. The number of aliphatic hydroxyl groups is 1. The number of rotatable bonds is 7. The standard InChI is InChI=1S/C10H19N3O3/c1-8-9(13-16-12-8)6-11-7-10(2,14)4-5-15-3/h11,14H,4-7H2,1-3H3. The van der Waals surface area contributed by atoms with Crippen molar-refractivity contribution in [3.8, 4) is 0 Å². The first kappa shape index (κ1) is 13.1. The maximum atomic E-state index is 9.94. The molecule has 92 valence electrons. The summed E-state index contributed by atoms with van der Waals surface area (Å²) in [7, 11) is 1.62. The van der Waals surface area contributed by atoms with Crippen molar-refractivity contribution in [3.05, 3.63) is 11.4 Å². The van der Waals surface area contributed by atoms with Crippen LogP contribution in [-0.2, 0) is 11.3 Å². The van der Waals surface area contributed by atoms with Crippen molar-refractivity contribution in [2.45, 2.75) is 32.4 Å². The van der Waals surface area contributed by atoms with E-state index in [0.29, 0.717) is 26.1 Å². The molecule has 0 aliphatic carbocycles. The highest BCUT2D eigenvalue weighted by Gasteiger charge is 2.19. The molecule has 0 amide bonds. The van der Waals surface area contributed by atoms with Crippen LogP contribution >= 0.6 is 0 Å². The molecule has 0 radical (unpaired) electrons. The van der Waals surface area contributed by atoms with E-state index in [1.54, 1.807) is 14.0 Å². The lowest BCUT2D eigenvalue weighted by molar-refractivity contribution is 0.0246. The Morgan fingerprint density at radius 2 is 2.25 bits per heavy atom. The smallest absolute Gasteiger partial charge is 0.121 e. The number of aryl methyl sites for hydroxylation is 1. The molecule has 1 atom stereocenters. The average molecular weight is 229 g/mol. The quantitative estimate of drug-likeness (QED) is 0.698. The molecule has 16 heavy (non-hydrogen) atoms. The van der Waals surface area contributed by atoms with Crippen molar-refractivity contribution in [2.75, 3.05) is 20.3 Å². The molecule has 0 fully saturated rings. The molecule has 1 aromatic heterocycles.